The average molecular weight is 156 g/mol. The minimum absolute atomic E-state index is 0.00755. The van der Waals surface area contributed by atoms with Crippen LogP contribution in [0.5, 0.6) is 0 Å². The number of nitrogen functional groups attached to an aromatic ring is 1. The molecule has 4 nitrogen and oxygen atoms in total. The lowest BCUT2D eigenvalue weighted by atomic mass is 9.91. The summed E-state index contributed by atoms with van der Waals surface area (Å²) in [6.45, 7) is 3.67. The van der Waals surface area contributed by atoms with Crippen LogP contribution in [-0.4, -0.2) is 16.9 Å². The molecule has 62 valence electrons. The number of rotatable bonds is 2. The number of aromatic nitrogens is 1. The summed E-state index contributed by atoms with van der Waals surface area (Å²) in [5.41, 5.74) is 5.58. The molecule has 0 bridgehead atoms. The standard InChI is InChI=1S/C7H12N2O2/c1-7(2,4-10)6-5(8)3-9-11-6/h3,10H,4,8H2,1-2H3. The van der Waals surface area contributed by atoms with E-state index in [4.69, 9.17) is 15.4 Å². The second-order valence-corrected chi connectivity index (χ2v) is 3.15. The molecule has 0 aliphatic carbocycles. The summed E-state index contributed by atoms with van der Waals surface area (Å²) >= 11 is 0. The number of nitrogens with two attached hydrogens (primary N) is 1. The summed E-state index contributed by atoms with van der Waals surface area (Å²) in [5.74, 6) is 0.542. The molecule has 1 rings (SSSR count). The summed E-state index contributed by atoms with van der Waals surface area (Å²) in [5, 5.41) is 12.5. The lowest BCUT2D eigenvalue weighted by molar-refractivity contribution is 0.187. The zero-order chi connectivity index (χ0) is 8.48. The van der Waals surface area contributed by atoms with Crippen LogP contribution in [0.1, 0.15) is 19.6 Å². The van der Waals surface area contributed by atoms with Gasteiger partial charge in [0.05, 0.1) is 23.9 Å². The van der Waals surface area contributed by atoms with Crippen molar-refractivity contribution in [2.75, 3.05) is 12.3 Å². The van der Waals surface area contributed by atoms with Crippen LogP contribution in [0.4, 0.5) is 5.69 Å². The number of hydrogen-bond acceptors (Lipinski definition) is 4. The molecule has 0 radical (unpaired) electrons. The molecule has 1 aromatic rings. The maximum absolute atomic E-state index is 8.95. The van der Waals surface area contributed by atoms with Crippen molar-refractivity contribution in [2.45, 2.75) is 19.3 Å². The van der Waals surface area contributed by atoms with Gasteiger partial charge in [-0.05, 0) is 0 Å². The van der Waals surface area contributed by atoms with Crippen LogP contribution < -0.4 is 5.73 Å². The van der Waals surface area contributed by atoms with Crippen molar-refractivity contribution < 1.29 is 9.63 Å². The van der Waals surface area contributed by atoms with Crippen LogP contribution in [0.15, 0.2) is 10.7 Å². The van der Waals surface area contributed by atoms with Crippen molar-refractivity contribution >= 4 is 5.69 Å². The van der Waals surface area contributed by atoms with Crippen LogP contribution in [0.25, 0.3) is 0 Å². The molecule has 0 aliphatic heterocycles. The Kier molecular flexibility index (Phi) is 1.87. The van der Waals surface area contributed by atoms with Crippen LogP contribution in [-0.2, 0) is 5.41 Å². The molecule has 0 amide bonds. The monoisotopic (exact) mass is 156 g/mol. The highest BCUT2D eigenvalue weighted by Crippen LogP contribution is 2.26. The van der Waals surface area contributed by atoms with E-state index in [9.17, 15) is 0 Å². The summed E-state index contributed by atoms with van der Waals surface area (Å²) < 4.78 is 4.88. The van der Waals surface area contributed by atoms with Gasteiger partial charge in [0.2, 0.25) is 0 Å². The first kappa shape index (κ1) is 8.07. The molecular formula is C7H12N2O2. The van der Waals surface area contributed by atoms with E-state index in [0.717, 1.165) is 0 Å². The molecule has 1 aromatic heterocycles. The van der Waals surface area contributed by atoms with E-state index < -0.39 is 5.41 Å². The van der Waals surface area contributed by atoms with Gasteiger partial charge < -0.3 is 15.4 Å². The molecule has 0 saturated carbocycles. The fourth-order valence-corrected chi connectivity index (χ4v) is 0.833. The molecule has 1 heterocycles. The van der Waals surface area contributed by atoms with E-state index in [1.807, 2.05) is 13.8 Å². The first-order valence-corrected chi connectivity index (χ1v) is 3.39. The van der Waals surface area contributed by atoms with Gasteiger partial charge in [0.1, 0.15) is 0 Å². The molecule has 4 heteroatoms. The Morgan fingerprint density at radius 1 is 1.73 bits per heavy atom. The average Bonchev–Trinajstić information content (AvgIpc) is 2.36. The fourth-order valence-electron chi connectivity index (χ4n) is 0.833. The van der Waals surface area contributed by atoms with Gasteiger partial charge in [-0.2, -0.15) is 0 Å². The van der Waals surface area contributed by atoms with Crippen LogP contribution in [0, 0.1) is 0 Å². The predicted molar refractivity (Wildman–Crippen MR) is 41.0 cm³/mol. The minimum Gasteiger partial charge on any atom is -0.395 e. The Labute approximate surface area is 65.0 Å². The van der Waals surface area contributed by atoms with Gasteiger partial charge in [-0.15, -0.1) is 0 Å². The highest BCUT2D eigenvalue weighted by Gasteiger charge is 2.26. The quantitative estimate of drug-likeness (QED) is 0.655. The zero-order valence-corrected chi connectivity index (χ0v) is 6.66. The summed E-state index contributed by atoms with van der Waals surface area (Å²) in [7, 11) is 0. The lowest BCUT2D eigenvalue weighted by Crippen LogP contribution is -2.22. The molecule has 0 atom stereocenters. The Hall–Kier alpha value is -1.03. The molecule has 0 unspecified atom stereocenters. The topological polar surface area (TPSA) is 72.3 Å². The normalized spacial score (nSPS) is 11.9. The van der Waals surface area contributed by atoms with Crippen molar-refractivity contribution in [2.24, 2.45) is 0 Å². The maximum Gasteiger partial charge on any atom is 0.167 e. The van der Waals surface area contributed by atoms with E-state index in [2.05, 4.69) is 5.16 Å². The molecule has 0 spiro atoms. The van der Waals surface area contributed by atoms with Gasteiger partial charge in [-0.1, -0.05) is 19.0 Å². The van der Waals surface area contributed by atoms with Crippen molar-refractivity contribution in [3.8, 4) is 0 Å². The minimum atomic E-state index is -0.444. The van der Waals surface area contributed by atoms with Gasteiger partial charge in [0, 0.05) is 0 Å². The number of hydrogen-bond donors (Lipinski definition) is 2. The number of nitrogens with zero attached hydrogens (tertiary/aromatic N) is 1. The molecule has 0 fully saturated rings. The van der Waals surface area contributed by atoms with Gasteiger partial charge >= 0.3 is 0 Å². The first-order valence-electron chi connectivity index (χ1n) is 3.39. The molecule has 0 aliphatic rings. The Morgan fingerprint density at radius 3 is 2.73 bits per heavy atom. The van der Waals surface area contributed by atoms with E-state index in [-0.39, 0.29) is 6.61 Å². The molecular weight excluding hydrogens is 144 g/mol. The maximum atomic E-state index is 8.95. The third kappa shape index (κ3) is 1.35. The summed E-state index contributed by atoms with van der Waals surface area (Å²) in [6.07, 6.45) is 1.44. The number of anilines is 1. The zero-order valence-electron chi connectivity index (χ0n) is 6.66. The van der Waals surface area contributed by atoms with Crippen molar-refractivity contribution in [3.05, 3.63) is 12.0 Å². The predicted octanol–water partition coefficient (Wildman–Crippen LogP) is 0.527. The first-order chi connectivity index (χ1) is 5.08. The highest BCUT2D eigenvalue weighted by atomic mass is 16.5. The summed E-state index contributed by atoms with van der Waals surface area (Å²) in [6, 6.07) is 0. The van der Waals surface area contributed by atoms with Crippen molar-refractivity contribution in [1.82, 2.24) is 5.16 Å². The number of aliphatic hydroxyl groups excluding tert-OH is 1. The van der Waals surface area contributed by atoms with E-state index in [1.165, 1.54) is 6.20 Å². The van der Waals surface area contributed by atoms with Gasteiger partial charge in [-0.3, -0.25) is 0 Å². The van der Waals surface area contributed by atoms with Crippen molar-refractivity contribution in [1.29, 1.82) is 0 Å². The molecule has 0 saturated heterocycles. The largest absolute Gasteiger partial charge is 0.395 e. The Bertz CT molecular complexity index is 242. The van der Waals surface area contributed by atoms with Gasteiger partial charge in [0.15, 0.2) is 5.76 Å². The van der Waals surface area contributed by atoms with Crippen molar-refractivity contribution in [3.63, 3.8) is 0 Å². The Morgan fingerprint density at radius 2 is 2.36 bits per heavy atom. The number of aliphatic hydroxyl groups is 1. The van der Waals surface area contributed by atoms with E-state index >= 15 is 0 Å². The SMILES string of the molecule is CC(C)(CO)c1oncc1N. The lowest BCUT2D eigenvalue weighted by Gasteiger charge is -2.17. The summed E-state index contributed by atoms with van der Waals surface area (Å²) in [4.78, 5) is 0. The van der Waals surface area contributed by atoms with Gasteiger partial charge in [0.25, 0.3) is 0 Å². The van der Waals surface area contributed by atoms with Crippen LogP contribution in [0.3, 0.4) is 0 Å². The fraction of sp³-hybridized carbons (Fsp3) is 0.571. The Balaban J connectivity index is 3.00. The molecule has 11 heavy (non-hydrogen) atoms. The second kappa shape index (κ2) is 2.54. The molecule has 3 N–H and O–H groups in total. The second-order valence-electron chi connectivity index (χ2n) is 3.15. The third-order valence-electron chi connectivity index (χ3n) is 1.61. The highest BCUT2D eigenvalue weighted by molar-refractivity contribution is 5.42. The smallest absolute Gasteiger partial charge is 0.167 e. The van der Waals surface area contributed by atoms with Crippen LogP contribution >= 0.6 is 0 Å². The van der Waals surface area contributed by atoms with E-state index in [0.29, 0.717) is 11.4 Å². The van der Waals surface area contributed by atoms with E-state index in [1.54, 1.807) is 0 Å². The third-order valence-corrected chi connectivity index (χ3v) is 1.61. The van der Waals surface area contributed by atoms with Crippen LogP contribution in [0.2, 0.25) is 0 Å². The molecule has 0 aromatic carbocycles. The van der Waals surface area contributed by atoms with Gasteiger partial charge in [-0.25, -0.2) is 0 Å².